The number of nitrogens with one attached hydrogen (secondary N) is 1. The first kappa shape index (κ1) is 12.6. The van der Waals surface area contributed by atoms with Gasteiger partial charge in [0.2, 0.25) is 0 Å². The molecule has 0 atom stereocenters. The molecule has 14 heavy (non-hydrogen) atoms. The van der Waals surface area contributed by atoms with Gasteiger partial charge in [-0.25, -0.2) is 0 Å². The molecule has 3 nitrogen and oxygen atoms in total. The van der Waals surface area contributed by atoms with Gasteiger partial charge >= 0.3 is 95.4 Å². The maximum absolute atomic E-state index is 11.3. The van der Waals surface area contributed by atoms with Crippen molar-refractivity contribution in [2.24, 2.45) is 0 Å². The number of hydrogen-bond donors (Lipinski definition) is 1. The van der Waals surface area contributed by atoms with Crippen molar-refractivity contribution in [2.45, 2.75) is 44.6 Å². The van der Waals surface area contributed by atoms with Crippen molar-refractivity contribution >= 4 is 36.6 Å². The van der Waals surface area contributed by atoms with Crippen LogP contribution in [0.3, 0.4) is 0 Å². The van der Waals surface area contributed by atoms with Crippen molar-refractivity contribution in [3.63, 3.8) is 0 Å². The zero-order chi connectivity index (χ0) is 11.2. The summed E-state index contributed by atoms with van der Waals surface area (Å²) in [5, 5.41) is 2.86. The van der Waals surface area contributed by atoms with Gasteiger partial charge in [-0.3, -0.25) is 0 Å². The van der Waals surface area contributed by atoms with E-state index in [1.165, 1.54) is 0 Å². The van der Waals surface area contributed by atoms with Crippen molar-refractivity contribution in [1.82, 2.24) is 5.32 Å². The fourth-order valence-corrected chi connectivity index (χ4v) is 13.9. The molecule has 4 heteroatoms. The van der Waals surface area contributed by atoms with E-state index in [9.17, 15) is 4.79 Å². The Kier molecular flexibility index (Phi) is 3.18. The average Bonchev–Trinajstić information content (AvgIpc) is 2.28. The van der Waals surface area contributed by atoms with Gasteiger partial charge in [0.05, 0.1) is 0 Å². The molecule has 2 radical (unpaired) electrons. The summed E-state index contributed by atoms with van der Waals surface area (Å²) in [6.45, 7) is 13.2. The van der Waals surface area contributed by atoms with E-state index >= 15 is 0 Å². The predicted octanol–water partition coefficient (Wildman–Crippen LogP) is 2.81. The van der Waals surface area contributed by atoms with Crippen LogP contribution in [-0.2, 0) is 1.44 Å². The monoisotopic (exact) mass is 227 g/mol. The molecule has 0 aromatic heterocycles. The van der Waals surface area contributed by atoms with E-state index < -0.39 is 30.5 Å². The molecule has 1 heterocycles. The fraction of sp³-hybridized carbons (Fsp3) is 0.900. The maximum atomic E-state index is 11.3. The molecule has 0 saturated carbocycles. The zero-order valence-corrected chi connectivity index (χ0v) is 12.4. The SMILES string of the molecule is C[C](C)(C)[Ca]1([C](C)(C)C)[CH2]NC(=O)[O]1. The van der Waals surface area contributed by atoms with Crippen molar-refractivity contribution in [3.8, 4) is 0 Å². The molecular weight excluding hydrogens is 206 g/mol. The Morgan fingerprint density at radius 3 is 1.71 bits per heavy atom. The Morgan fingerprint density at radius 2 is 1.57 bits per heavy atom. The van der Waals surface area contributed by atoms with Crippen molar-refractivity contribution in [2.75, 3.05) is 2.64 Å². The van der Waals surface area contributed by atoms with Crippen molar-refractivity contribution in [1.29, 1.82) is 0 Å². The third-order valence-electron chi connectivity index (χ3n) is 4.43. The second-order valence-electron chi connectivity index (χ2n) is 7.15. The molecule has 0 aromatic carbocycles. The van der Waals surface area contributed by atoms with Gasteiger partial charge < -0.3 is 0 Å². The summed E-state index contributed by atoms with van der Waals surface area (Å²) >= 11 is -3.00. The summed E-state index contributed by atoms with van der Waals surface area (Å²) in [5.41, 5.74) is 0. The van der Waals surface area contributed by atoms with Gasteiger partial charge in [-0.05, 0) is 0 Å². The number of carbonyl (C=O) groups is 1. The van der Waals surface area contributed by atoms with E-state index in [4.69, 9.17) is 1.44 Å². The first-order valence-electron chi connectivity index (χ1n) is 5.51. The number of amides is 1. The molecule has 0 bridgehead atoms. The standard InChI is InChI=1S/2C4H9.C2H4NO2.Ca/c2*1-4(2)3;1-3-2(4)5;/h2*1-3H3;3H,1H2,(H,4,5);/q;;;+1/p-1. The van der Waals surface area contributed by atoms with E-state index in [-0.39, 0.29) is 9.12 Å². The van der Waals surface area contributed by atoms with Crippen LogP contribution in [0.5, 0.6) is 0 Å². The van der Waals surface area contributed by atoms with Crippen LogP contribution in [-0.4, -0.2) is 39.2 Å². The van der Waals surface area contributed by atoms with E-state index in [2.05, 4.69) is 46.9 Å². The van der Waals surface area contributed by atoms with Crippen LogP contribution in [0.4, 0.5) is 4.79 Å². The summed E-state index contributed by atoms with van der Waals surface area (Å²) < 4.78 is 6.87. The van der Waals surface area contributed by atoms with E-state index in [0.29, 0.717) is 0 Å². The van der Waals surface area contributed by atoms with Gasteiger partial charge in [-0.15, -0.1) is 0 Å². The van der Waals surface area contributed by atoms with Crippen LogP contribution < -0.4 is 5.32 Å². The molecule has 1 rings (SSSR count). The van der Waals surface area contributed by atoms with Crippen LogP contribution in [0.1, 0.15) is 41.5 Å². The van der Waals surface area contributed by atoms with E-state index in [1.54, 1.807) is 0 Å². The van der Waals surface area contributed by atoms with E-state index in [1.807, 2.05) is 0 Å². The summed E-state index contributed by atoms with van der Waals surface area (Å²) in [6.07, 6.45) is -0.199. The van der Waals surface area contributed by atoms with Gasteiger partial charge in [0.25, 0.3) is 0 Å². The molecule has 80 valence electrons. The molecule has 0 spiro atoms. The first-order valence-corrected chi connectivity index (χ1v) is 10.2. The summed E-state index contributed by atoms with van der Waals surface area (Å²) in [7, 11) is 0. The summed E-state index contributed by atoms with van der Waals surface area (Å²) in [4.78, 5) is 11.3. The Morgan fingerprint density at radius 1 is 1.14 bits per heavy atom. The molecule has 1 fully saturated rings. The predicted molar refractivity (Wildman–Crippen MR) is 59.7 cm³/mol. The van der Waals surface area contributed by atoms with Crippen molar-refractivity contribution < 1.29 is 6.24 Å². The average molecular weight is 227 g/mol. The Balaban J connectivity index is 3.12. The Hall–Kier alpha value is 0.530. The summed E-state index contributed by atoms with van der Waals surface area (Å²) in [5.74, 6) is 0. The Bertz CT molecular complexity index is 236. The molecule has 0 unspecified atom stereocenters. The topological polar surface area (TPSA) is 38.3 Å². The van der Waals surface area contributed by atoms with Crippen LogP contribution in [0.15, 0.2) is 0 Å². The molecule has 1 saturated heterocycles. The third-order valence-corrected chi connectivity index (χ3v) is 17.8. The van der Waals surface area contributed by atoms with Gasteiger partial charge in [0.15, 0.2) is 0 Å². The second-order valence-corrected chi connectivity index (χ2v) is 18.7. The minimum atomic E-state index is -3.00. The second kappa shape index (κ2) is 3.53. The summed E-state index contributed by atoms with van der Waals surface area (Å²) in [6, 6.07) is 0. The van der Waals surface area contributed by atoms with Crippen LogP contribution in [0.25, 0.3) is 0 Å². The van der Waals surface area contributed by atoms with Crippen molar-refractivity contribution in [3.05, 3.63) is 0 Å². The first-order chi connectivity index (χ1) is 6.10. The molecule has 1 N–H and O–H groups in total. The Labute approximate surface area is 94.5 Å². The van der Waals surface area contributed by atoms with Gasteiger partial charge in [0, 0.05) is 0 Å². The van der Waals surface area contributed by atoms with Crippen LogP contribution in [0.2, 0.25) is 3.02 Å². The zero-order valence-electron chi connectivity index (χ0n) is 10.2. The minimum absolute atomic E-state index is 0.154. The van der Waals surface area contributed by atoms with Gasteiger partial charge in [-0.2, -0.15) is 0 Å². The molecule has 1 aliphatic rings. The number of rotatable bonds is 0. The number of carbonyl (C=O) groups excluding carboxylic acids is 1. The molecule has 0 aromatic rings. The normalized spacial score (nSPS) is 21.7. The molecular formula is C10H21CaNO2. The quantitative estimate of drug-likeness (QED) is 0.646. The van der Waals surface area contributed by atoms with Gasteiger partial charge in [-0.1, -0.05) is 0 Å². The molecule has 1 aliphatic heterocycles. The van der Waals surface area contributed by atoms with Crippen LogP contribution >= 0.6 is 0 Å². The molecule has 0 aliphatic carbocycles. The van der Waals surface area contributed by atoms with Crippen LogP contribution in [0, 0.1) is 0 Å². The third kappa shape index (κ3) is 1.91. The van der Waals surface area contributed by atoms with Gasteiger partial charge in [0.1, 0.15) is 0 Å². The van der Waals surface area contributed by atoms with E-state index in [0.717, 1.165) is 2.64 Å². The number of hydrogen-bond acceptors (Lipinski definition) is 2. The fourth-order valence-electron chi connectivity index (χ4n) is 3.38. The molecule has 1 amide bonds.